The standard InChI is InChI=1S/C12H20N4O3/c1-6(2)9(12(18)19-5)14-11(17)10-8(13)7(3)15-16(10)4/h6,9H,13H2,1-5H3,(H,14,17). The van der Waals surface area contributed by atoms with Crippen molar-refractivity contribution in [1.29, 1.82) is 0 Å². The zero-order valence-electron chi connectivity index (χ0n) is 11.9. The molecule has 0 aromatic carbocycles. The number of nitrogen functional groups attached to an aromatic ring is 1. The van der Waals surface area contributed by atoms with Crippen LogP contribution in [0.3, 0.4) is 0 Å². The predicted octanol–water partition coefficient (Wildman–Crippen LogP) is 0.238. The van der Waals surface area contributed by atoms with E-state index in [9.17, 15) is 9.59 Å². The molecule has 1 heterocycles. The highest BCUT2D eigenvalue weighted by Crippen LogP contribution is 2.16. The summed E-state index contributed by atoms with van der Waals surface area (Å²) in [6.45, 7) is 5.35. The number of nitrogens with zero attached hydrogens (tertiary/aromatic N) is 2. The largest absolute Gasteiger partial charge is 0.467 e. The summed E-state index contributed by atoms with van der Waals surface area (Å²) in [6.07, 6.45) is 0. The normalized spacial score (nSPS) is 12.3. The van der Waals surface area contributed by atoms with Crippen molar-refractivity contribution >= 4 is 17.6 Å². The van der Waals surface area contributed by atoms with E-state index in [1.165, 1.54) is 11.8 Å². The minimum atomic E-state index is -0.716. The molecule has 1 aromatic rings. The highest BCUT2D eigenvalue weighted by atomic mass is 16.5. The zero-order chi connectivity index (χ0) is 14.7. The van der Waals surface area contributed by atoms with Gasteiger partial charge in [-0.1, -0.05) is 13.8 Å². The molecule has 0 saturated heterocycles. The number of methoxy groups -OCH3 is 1. The van der Waals surface area contributed by atoms with Crippen LogP contribution < -0.4 is 11.1 Å². The van der Waals surface area contributed by atoms with Crippen LogP contribution in [0.15, 0.2) is 0 Å². The number of carbonyl (C=O) groups is 2. The maximum absolute atomic E-state index is 12.2. The first kappa shape index (κ1) is 15.0. The molecule has 0 saturated carbocycles. The molecule has 106 valence electrons. The maximum Gasteiger partial charge on any atom is 0.328 e. The van der Waals surface area contributed by atoms with Gasteiger partial charge in [0.2, 0.25) is 0 Å². The van der Waals surface area contributed by atoms with E-state index in [4.69, 9.17) is 5.73 Å². The van der Waals surface area contributed by atoms with E-state index in [2.05, 4.69) is 15.2 Å². The van der Waals surface area contributed by atoms with Crippen LogP contribution >= 0.6 is 0 Å². The highest BCUT2D eigenvalue weighted by molar-refractivity contribution is 5.99. The third kappa shape index (κ3) is 3.04. The lowest BCUT2D eigenvalue weighted by Gasteiger charge is -2.19. The molecule has 0 spiro atoms. The van der Waals surface area contributed by atoms with Crippen LogP contribution in [-0.4, -0.2) is 34.8 Å². The number of hydrogen-bond acceptors (Lipinski definition) is 5. The van der Waals surface area contributed by atoms with Crippen LogP contribution in [0.25, 0.3) is 0 Å². The van der Waals surface area contributed by atoms with E-state index in [0.717, 1.165) is 0 Å². The number of carbonyl (C=O) groups excluding carboxylic acids is 2. The van der Waals surface area contributed by atoms with Gasteiger partial charge in [-0.25, -0.2) is 4.79 Å². The van der Waals surface area contributed by atoms with Crippen LogP contribution in [0.4, 0.5) is 5.69 Å². The second kappa shape index (κ2) is 5.73. The molecule has 0 bridgehead atoms. The molecule has 7 nitrogen and oxygen atoms in total. The molecule has 0 aliphatic rings. The number of hydrogen-bond donors (Lipinski definition) is 2. The number of ether oxygens (including phenoxy) is 1. The molecule has 1 rings (SSSR count). The van der Waals surface area contributed by atoms with Crippen LogP contribution in [0, 0.1) is 12.8 Å². The minimum Gasteiger partial charge on any atom is -0.467 e. The molecular weight excluding hydrogens is 248 g/mol. The molecule has 3 N–H and O–H groups in total. The molecule has 1 atom stereocenters. The fraction of sp³-hybridized carbons (Fsp3) is 0.583. The van der Waals surface area contributed by atoms with E-state index in [1.54, 1.807) is 14.0 Å². The minimum absolute atomic E-state index is 0.0908. The van der Waals surface area contributed by atoms with E-state index in [-0.39, 0.29) is 11.6 Å². The number of nitrogens with two attached hydrogens (primary N) is 1. The number of anilines is 1. The van der Waals surface area contributed by atoms with E-state index in [0.29, 0.717) is 11.4 Å². The van der Waals surface area contributed by atoms with Gasteiger partial charge in [-0.3, -0.25) is 9.48 Å². The summed E-state index contributed by atoms with van der Waals surface area (Å²) in [5, 5.41) is 6.69. The fourth-order valence-electron chi connectivity index (χ4n) is 1.78. The lowest BCUT2D eigenvalue weighted by molar-refractivity contribution is -0.144. The molecule has 7 heteroatoms. The smallest absolute Gasteiger partial charge is 0.328 e. The molecule has 1 unspecified atom stereocenters. The number of aryl methyl sites for hydroxylation is 2. The lowest BCUT2D eigenvalue weighted by atomic mass is 10.0. The summed E-state index contributed by atoms with van der Waals surface area (Å²) >= 11 is 0. The van der Waals surface area contributed by atoms with Gasteiger partial charge in [0.05, 0.1) is 18.5 Å². The van der Waals surface area contributed by atoms with Gasteiger partial charge in [-0.2, -0.15) is 5.10 Å². The Labute approximate surface area is 112 Å². The summed E-state index contributed by atoms with van der Waals surface area (Å²) < 4.78 is 6.07. The Hall–Kier alpha value is -2.05. The molecule has 1 aromatic heterocycles. The van der Waals surface area contributed by atoms with Crippen molar-refractivity contribution in [1.82, 2.24) is 15.1 Å². The Morgan fingerprint density at radius 3 is 2.37 bits per heavy atom. The Bertz CT molecular complexity index is 493. The number of rotatable bonds is 4. The Morgan fingerprint density at radius 2 is 2.00 bits per heavy atom. The second-order valence-electron chi connectivity index (χ2n) is 4.69. The quantitative estimate of drug-likeness (QED) is 0.762. The molecule has 0 radical (unpaired) electrons. The van der Waals surface area contributed by atoms with Gasteiger partial charge in [-0.15, -0.1) is 0 Å². The third-order valence-electron chi connectivity index (χ3n) is 2.89. The van der Waals surface area contributed by atoms with Gasteiger partial charge < -0.3 is 15.8 Å². The molecule has 19 heavy (non-hydrogen) atoms. The van der Waals surface area contributed by atoms with Gasteiger partial charge in [0.15, 0.2) is 0 Å². The second-order valence-corrected chi connectivity index (χ2v) is 4.69. The monoisotopic (exact) mass is 268 g/mol. The van der Waals surface area contributed by atoms with Crippen molar-refractivity contribution in [3.63, 3.8) is 0 Å². The average molecular weight is 268 g/mol. The fourth-order valence-corrected chi connectivity index (χ4v) is 1.78. The maximum atomic E-state index is 12.2. The van der Waals surface area contributed by atoms with Crippen molar-refractivity contribution in [2.45, 2.75) is 26.8 Å². The van der Waals surface area contributed by atoms with Crippen molar-refractivity contribution in [2.75, 3.05) is 12.8 Å². The summed E-state index contributed by atoms with van der Waals surface area (Å²) in [5.41, 5.74) is 6.94. The van der Waals surface area contributed by atoms with Crippen LogP contribution in [0.1, 0.15) is 30.0 Å². The van der Waals surface area contributed by atoms with Gasteiger partial charge in [0, 0.05) is 7.05 Å². The summed E-state index contributed by atoms with van der Waals surface area (Å²) in [4.78, 5) is 23.8. The SMILES string of the molecule is COC(=O)C(NC(=O)c1c(N)c(C)nn1C)C(C)C. The molecule has 1 amide bonds. The lowest BCUT2D eigenvalue weighted by Crippen LogP contribution is -2.45. The Kier molecular flexibility index (Phi) is 4.52. The van der Waals surface area contributed by atoms with E-state index >= 15 is 0 Å². The summed E-state index contributed by atoms with van der Waals surface area (Å²) in [7, 11) is 2.91. The van der Waals surface area contributed by atoms with Crippen LogP contribution in [0.2, 0.25) is 0 Å². The molecule has 0 aliphatic carbocycles. The zero-order valence-corrected chi connectivity index (χ0v) is 11.9. The topological polar surface area (TPSA) is 99.2 Å². The number of esters is 1. The first-order valence-electron chi connectivity index (χ1n) is 5.97. The van der Waals surface area contributed by atoms with Crippen LogP contribution in [0.5, 0.6) is 0 Å². The first-order chi connectivity index (χ1) is 8.79. The molecular formula is C12H20N4O3. The van der Waals surface area contributed by atoms with Gasteiger partial charge in [0.1, 0.15) is 11.7 Å². The molecule has 0 fully saturated rings. The number of amides is 1. The van der Waals surface area contributed by atoms with Crippen molar-refractivity contribution in [3.05, 3.63) is 11.4 Å². The van der Waals surface area contributed by atoms with E-state index < -0.39 is 17.9 Å². The van der Waals surface area contributed by atoms with Gasteiger partial charge in [0.25, 0.3) is 5.91 Å². The summed E-state index contributed by atoms with van der Waals surface area (Å²) in [6, 6.07) is -0.716. The average Bonchev–Trinajstić information content (AvgIpc) is 2.58. The van der Waals surface area contributed by atoms with Crippen molar-refractivity contribution in [3.8, 4) is 0 Å². The van der Waals surface area contributed by atoms with Crippen LogP contribution in [-0.2, 0) is 16.6 Å². The highest BCUT2D eigenvalue weighted by Gasteiger charge is 2.27. The van der Waals surface area contributed by atoms with Crippen molar-refractivity contribution < 1.29 is 14.3 Å². The third-order valence-corrected chi connectivity index (χ3v) is 2.89. The number of nitrogens with one attached hydrogen (secondary N) is 1. The van der Waals surface area contributed by atoms with E-state index in [1.807, 2.05) is 13.8 Å². The summed E-state index contributed by atoms with van der Waals surface area (Å²) in [5.74, 6) is -1.02. The first-order valence-corrected chi connectivity index (χ1v) is 5.97. The van der Waals surface area contributed by atoms with Gasteiger partial charge in [-0.05, 0) is 12.8 Å². The number of aromatic nitrogens is 2. The Morgan fingerprint density at radius 1 is 1.42 bits per heavy atom. The van der Waals surface area contributed by atoms with Crippen molar-refractivity contribution in [2.24, 2.45) is 13.0 Å². The Balaban J connectivity index is 2.97. The predicted molar refractivity (Wildman–Crippen MR) is 70.5 cm³/mol. The van der Waals surface area contributed by atoms with Gasteiger partial charge >= 0.3 is 5.97 Å². The molecule has 0 aliphatic heterocycles.